The van der Waals surface area contributed by atoms with Gasteiger partial charge in [-0.25, -0.2) is 0 Å². The quantitative estimate of drug-likeness (QED) is 0.739. The molecule has 2 fully saturated rings. The molecule has 0 unspecified atom stereocenters. The molecular formula is C12H17N5O2. The van der Waals surface area contributed by atoms with Crippen LogP contribution in [0.15, 0.2) is 12.4 Å². The van der Waals surface area contributed by atoms with Crippen molar-refractivity contribution in [2.24, 2.45) is 11.7 Å². The van der Waals surface area contributed by atoms with Crippen LogP contribution in [-0.4, -0.2) is 52.6 Å². The molecule has 0 radical (unpaired) electrons. The van der Waals surface area contributed by atoms with E-state index in [2.05, 4.69) is 10.2 Å². The highest BCUT2D eigenvalue weighted by Crippen LogP contribution is 2.26. The number of anilines is 1. The highest BCUT2D eigenvalue weighted by molar-refractivity contribution is 6.00. The highest BCUT2D eigenvalue weighted by Gasteiger charge is 2.38. The van der Waals surface area contributed by atoms with Crippen molar-refractivity contribution in [1.29, 1.82) is 0 Å². The van der Waals surface area contributed by atoms with Crippen LogP contribution in [0.3, 0.4) is 0 Å². The summed E-state index contributed by atoms with van der Waals surface area (Å²) in [6, 6.07) is 0.0750. The molecule has 3 heterocycles. The lowest BCUT2D eigenvalue weighted by Gasteiger charge is -2.20. The van der Waals surface area contributed by atoms with Gasteiger partial charge in [-0.3, -0.25) is 14.7 Å². The summed E-state index contributed by atoms with van der Waals surface area (Å²) >= 11 is 0. The lowest BCUT2D eigenvalue weighted by Crippen LogP contribution is -2.37. The number of carbonyl (C=O) groups excluding carboxylic acids is 2. The van der Waals surface area contributed by atoms with Gasteiger partial charge in [0, 0.05) is 38.3 Å². The number of aromatic amines is 1. The van der Waals surface area contributed by atoms with Crippen LogP contribution in [0, 0.1) is 5.92 Å². The first-order valence-corrected chi connectivity index (χ1v) is 6.48. The summed E-state index contributed by atoms with van der Waals surface area (Å²) in [4.78, 5) is 27.7. The normalized spacial score (nSPS) is 27.3. The molecule has 7 heteroatoms. The average Bonchev–Trinajstić information content (AvgIpc) is 3.07. The first-order valence-electron chi connectivity index (χ1n) is 6.48. The third kappa shape index (κ3) is 2.21. The number of carbonyl (C=O) groups is 2. The van der Waals surface area contributed by atoms with Crippen LogP contribution in [0.1, 0.15) is 12.8 Å². The van der Waals surface area contributed by atoms with Gasteiger partial charge < -0.3 is 15.5 Å². The van der Waals surface area contributed by atoms with E-state index in [1.165, 1.54) is 0 Å². The predicted molar refractivity (Wildman–Crippen MR) is 68.2 cm³/mol. The zero-order chi connectivity index (χ0) is 13.4. The maximum atomic E-state index is 12.3. The van der Waals surface area contributed by atoms with Gasteiger partial charge in [-0.1, -0.05) is 0 Å². The Hall–Kier alpha value is -1.89. The van der Waals surface area contributed by atoms with Gasteiger partial charge in [0.05, 0.1) is 17.8 Å². The maximum Gasteiger partial charge on any atom is 0.228 e. The Morgan fingerprint density at radius 2 is 2.32 bits per heavy atom. The van der Waals surface area contributed by atoms with E-state index >= 15 is 0 Å². The zero-order valence-electron chi connectivity index (χ0n) is 10.6. The van der Waals surface area contributed by atoms with Crippen LogP contribution >= 0.6 is 0 Å². The summed E-state index contributed by atoms with van der Waals surface area (Å²) in [5.74, 6) is -0.233. The summed E-state index contributed by atoms with van der Waals surface area (Å²) < 4.78 is 0. The van der Waals surface area contributed by atoms with Crippen molar-refractivity contribution in [2.45, 2.75) is 18.9 Å². The first kappa shape index (κ1) is 12.2. The largest absolute Gasteiger partial charge is 0.341 e. The number of likely N-dealkylation sites (tertiary alicyclic amines) is 1. The van der Waals surface area contributed by atoms with Crippen molar-refractivity contribution in [3.05, 3.63) is 12.4 Å². The van der Waals surface area contributed by atoms with Crippen molar-refractivity contribution >= 4 is 17.5 Å². The van der Waals surface area contributed by atoms with E-state index in [0.29, 0.717) is 19.6 Å². The molecule has 2 amide bonds. The van der Waals surface area contributed by atoms with E-state index in [4.69, 9.17) is 5.73 Å². The van der Waals surface area contributed by atoms with Crippen LogP contribution in [-0.2, 0) is 9.59 Å². The van der Waals surface area contributed by atoms with Crippen molar-refractivity contribution in [2.75, 3.05) is 24.5 Å². The molecular weight excluding hydrogens is 246 g/mol. The van der Waals surface area contributed by atoms with Gasteiger partial charge in [0.15, 0.2) is 0 Å². The third-order valence-electron chi connectivity index (χ3n) is 3.81. The van der Waals surface area contributed by atoms with E-state index in [1.54, 1.807) is 22.2 Å². The Bertz CT molecular complexity index is 486. The molecule has 3 N–H and O–H groups in total. The van der Waals surface area contributed by atoms with Gasteiger partial charge in [-0.05, 0) is 6.42 Å². The molecule has 0 spiro atoms. The molecule has 0 aromatic carbocycles. The van der Waals surface area contributed by atoms with Gasteiger partial charge in [0.2, 0.25) is 11.8 Å². The zero-order valence-corrected chi connectivity index (χ0v) is 10.6. The first-order chi connectivity index (χ1) is 9.15. The van der Waals surface area contributed by atoms with Crippen LogP contribution in [0.5, 0.6) is 0 Å². The summed E-state index contributed by atoms with van der Waals surface area (Å²) in [5.41, 5.74) is 6.53. The van der Waals surface area contributed by atoms with E-state index in [-0.39, 0.29) is 30.2 Å². The van der Waals surface area contributed by atoms with Crippen LogP contribution < -0.4 is 10.6 Å². The van der Waals surface area contributed by atoms with Crippen LogP contribution in [0.2, 0.25) is 0 Å². The predicted octanol–water partition coefficient (Wildman–Crippen LogP) is -0.678. The molecule has 2 atom stereocenters. The van der Waals surface area contributed by atoms with Crippen molar-refractivity contribution < 1.29 is 9.59 Å². The molecule has 0 aliphatic carbocycles. The monoisotopic (exact) mass is 263 g/mol. The molecule has 2 saturated heterocycles. The van der Waals surface area contributed by atoms with E-state index in [1.807, 2.05) is 0 Å². The van der Waals surface area contributed by atoms with Gasteiger partial charge in [0.1, 0.15) is 0 Å². The summed E-state index contributed by atoms with van der Waals surface area (Å²) in [7, 11) is 0. The molecule has 1 aromatic rings. The summed E-state index contributed by atoms with van der Waals surface area (Å²) in [5, 5.41) is 6.50. The number of nitrogens with two attached hydrogens (primary N) is 1. The lowest BCUT2D eigenvalue weighted by molar-refractivity contribution is -0.134. The van der Waals surface area contributed by atoms with E-state index in [0.717, 1.165) is 12.1 Å². The molecule has 1 aromatic heterocycles. The number of aromatic nitrogens is 2. The van der Waals surface area contributed by atoms with E-state index in [9.17, 15) is 9.59 Å². The Labute approximate surface area is 110 Å². The topological polar surface area (TPSA) is 95.3 Å². The fourth-order valence-electron chi connectivity index (χ4n) is 2.76. The molecule has 7 nitrogen and oxygen atoms in total. The molecule has 2 aliphatic heterocycles. The fraction of sp³-hybridized carbons (Fsp3) is 0.583. The second kappa shape index (κ2) is 4.65. The third-order valence-corrected chi connectivity index (χ3v) is 3.81. The van der Waals surface area contributed by atoms with Crippen molar-refractivity contribution in [3.63, 3.8) is 0 Å². The summed E-state index contributed by atoms with van der Waals surface area (Å²) in [6.45, 7) is 1.74. The molecule has 0 saturated carbocycles. The Morgan fingerprint density at radius 3 is 2.95 bits per heavy atom. The molecule has 0 bridgehead atoms. The number of hydrogen-bond acceptors (Lipinski definition) is 4. The van der Waals surface area contributed by atoms with Gasteiger partial charge in [-0.15, -0.1) is 0 Å². The van der Waals surface area contributed by atoms with Crippen molar-refractivity contribution in [1.82, 2.24) is 15.1 Å². The van der Waals surface area contributed by atoms with E-state index < -0.39 is 0 Å². The van der Waals surface area contributed by atoms with Crippen molar-refractivity contribution in [3.8, 4) is 0 Å². The summed E-state index contributed by atoms with van der Waals surface area (Å²) in [6.07, 6.45) is 4.38. The number of H-pyrrole nitrogens is 1. The lowest BCUT2D eigenvalue weighted by atomic mass is 10.1. The Morgan fingerprint density at radius 1 is 1.47 bits per heavy atom. The molecule has 3 rings (SSSR count). The Balaban J connectivity index is 1.68. The average molecular weight is 263 g/mol. The number of hydrogen-bond donors (Lipinski definition) is 2. The minimum absolute atomic E-state index is 0.0248. The smallest absolute Gasteiger partial charge is 0.228 e. The number of amides is 2. The SMILES string of the molecule is N[C@@H]1CCN(C(=O)[C@H]2CC(=O)N(c3cn[nH]c3)C2)C1. The Kier molecular flexibility index (Phi) is 2.98. The maximum absolute atomic E-state index is 12.3. The standard InChI is InChI=1S/C12H17N5O2/c13-9-1-2-16(7-9)12(19)8-3-11(18)17(6-8)10-4-14-15-5-10/h4-5,8-9H,1-3,6-7,13H2,(H,14,15)/t8-,9+/m0/s1. The van der Waals surface area contributed by atoms with Gasteiger partial charge in [-0.2, -0.15) is 5.10 Å². The van der Waals surface area contributed by atoms with Crippen LogP contribution in [0.4, 0.5) is 5.69 Å². The number of rotatable bonds is 2. The minimum Gasteiger partial charge on any atom is -0.341 e. The molecule has 19 heavy (non-hydrogen) atoms. The molecule has 102 valence electrons. The van der Waals surface area contributed by atoms with Crippen LogP contribution in [0.25, 0.3) is 0 Å². The second-order valence-electron chi connectivity index (χ2n) is 5.19. The number of nitrogens with one attached hydrogen (secondary N) is 1. The number of nitrogens with zero attached hydrogens (tertiary/aromatic N) is 3. The minimum atomic E-state index is -0.257. The molecule has 2 aliphatic rings. The second-order valence-corrected chi connectivity index (χ2v) is 5.19. The van der Waals surface area contributed by atoms with Gasteiger partial charge in [0.25, 0.3) is 0 Å². The fourth-order valence-corrected chi connectivity index (χ4v) is 2.76. The highest BCUT2D eigenvalue weighted by atomic mass is 16.2. The van der Waals surface area contributed by atoms with Gasteiger partial charge >= 0.3 is 0 Å².